The van der Waals surface area contributed by atoms with Gasteiger partial charge in [0, 0.05) is 12.5 Å². The number of hydrogen-bond donors (Lipinski definition) is 2. The summed E-state index contributed by atoms with van der Waals surface area (Å²) in [6, 6.07) is 6.52. The molecule has 0 spiro atoms. The van der Waals surface area contributed by atoms with Crippen LogP contribution in [0.15, 0.2) is 18.2 Å². The number of nitrogens with two attached hydrogens (primary N) is 1. The molecule has 0 saturated heterocycles. The Balaban J connectivity index is 0.00000288. The van der Waals surface area contributed by atoms with Crippen molar-refractivity contribution < 1.29 is 9.53 Å². The summed E-state index contributed by atoms with van der Waals surface area (Å²) < 4.78 is 5.82. The van der Waals surface area contributed by atoms with Crippen LogP contribution < -0.4 is 15.8 Å². The molecule has 136 valence electrons. The van der Waals surface area contributed by atoms with Crippen LogP contribution >= 0.6 is 12.4 Å². The van der Waals surface area contributed by atoms with Crippen LogP contribution in [0.1, 0.15) is 49.7 Å². The number of aryl methyl sites for hydroxylation is 2. The lowest BCUT2D eigenvalue weighted by molar-refractivity contribution is -0.122. The second-order valence-corrected chi connectivity index (χ2v) is 6.68. The van der Waals surface area contributed by atoms with Crippen LogP contribution in [0.3, 0.4) is 0 Å². The number of unbranched alkanes of at least 4 members (excludes halogenated alkanes) is 1. The van der Waals surface area contributed by atoms with Crippen LogP contribution in [0.25, 0.3) is 0 Å². The maximum atomic E-state index is 12.0. The number of halogens is 1. The molecule has 24 heavy (non-hydrogen) atoms. The first kappa shape index (κ1) is 20.8. The third-order valence-corrected chi connectivity index (χ3v) is 4.71. The molecular weight excluding hydrogens is 324 g/mol. The normalized spacial score (nSPS) is 19.6. The van der Waals surface area contributed by atoms with E-state index >= 15 is 0 Å². The van der Waals surface area contributed by atoms with Gasteiger partial charge in [0.15, 0.2) is 0 Å². The molecule has 1 aromatic carbocycles. The highest BCUT2D eigenvalue weighted by Gasteiger charge is 2.26. The highest BCUT2D eigenvalue weighted by Crippen LogP contribution is 2.24. The molecule has 1 fully saturated rings. The zero-order valence-corrected chi connectivity index (χ0v) is 15.7. The van der Waals surface area contributed by atoms with Crippen molar-refractivity contribution in [3.63, 3.8) is 0 Å². The van der Waals surface area contributed by atoms with Crippen LogP contribution in [0, 0.1) is 19.8 Å². The minimum atomic E-state index is 0. The van der Waals surface area contributed by atoms with Crippen molar-refractivity contribution in [2.45, 2.75) is 58.4 Å². The van der Waals surface area contributed by atoms with Crippen molar-refractivity contribution >= 4 is 18.3 Å². The molecular formula is C19H31ClN2O2. The van der Waals surface area contributed by atoms with Crippen molar-refractivity contribution in [1.29, 1.82) is 0 Å². The van der Waals surface area contributed by atoms with Gasteiger partial charge in [0.05, 0.1) is 6.61 Å². The average Bonchev–Trinajstić information content (AvgIpc) is 2.97. The molecule has 0 aromatic heterocycles. The van der Waals surface area contributed by atoms with Gasteiger partial charge in [0.2, 0.25) is 5.91 Å². The van der Waals surface area contributed by atoms with Gasteiger partial charge in [-0.1, -0.05) is 18.6 Å². The van der Waals surface area contributed by atoms with Crippen molar-refractivity contribution in [1.82, 2.24) is 5.32 Å². The van der Waals surface area contributed by atoms with Gasteiger partial charge >= 0.3 is 0 Å². The van der Waals surface area contributed by atoms with E-state index in [-0.39, 0.29) is 18.3 Å². The number of hydrogen-bond acceptors (Lipinski definition) is 3. The van der Waals surface area contributed by atoms with Gasteiger partial charge in [-0.25, -0.2) is 0 Å². The Kier molecular flexibility index (Phi) is 9.16. The van der Waals surface area contributed by atoms with E-state index in [1.807, 2.05) is 0 Å². The standard InChI is InChI=1S/C19H30N2O2.ClH/c1-14-9-10-15(2)18(12-14)23-11-4-3-8-19(22)21-17-7-5-6-16(17)13-20;/h9-10,12,16-17H,3-8,11,13,20H2,1-2H3,(H,21,22);1H. The molecule has 2 rings (SSSR count). The molecule has 1 saturated carbocycles. The van der Waals surface area contributed by atoms with Gasteiger partial charge < -0.3 is 15.8 Å². The highest BCUT2D eigenvalue weighted by atomic mass is 35.5. The Hall–Kier alpha value is -1.26. The lowest BCUT2D eigenvalue weighted by Crippen LogP contribution is -2.39. The zero-order valence-electron chi connectivity index (χ0n) is 14.8. The van der Waals surface area contributed by atoms with E-state index in [2.05, 4.69) is 37.4 Å². The van der Waals surface area contributed by atoms with Gasteiger partial charge in [-0.15, -0.1) is 12.4 Å². The summed E-state index contributed by atoms with van der Waals surface area (Å²) in [7, 11) is 0. The summed E-state index contributed by atoms with van der Waals surface area (Å²) in [6.45, 7) is 5.45. The largest absolute Gasteiger partial charge is 0.493 e. The van der Waals surface area contributed by atoms with E-state index in [0.717, 1.165) is 37.0 Å². The summed E-state index contributed by atoms with van der Waals surface area (Å²) in [4.78, 5) is 12.0. The topological polar surface area (TPSA) is 64.3 Å². The zero-order chi connectivity index (χ0) is 16.7. The van der Waals surface area contributed by atoms with Gasteiger partial charge in [0.25, 0.3) is 0 Å². The number of rotatable bonds is 8. The summed E-state index contributed by atoms with van der Waals surface area (Å²) in [5, 5.41) is 3.15. The Morgan fingerprint density at radius 3 is 2.83 bits per heavy atom. The summed E-state index contributed by atoms with van der Waals surface area (Å²) >= 11 is 0. The average molecular weight is 355 g/mol. The molecule has 2 unspecified atom stereocenters. The molecule has 0 aliphatic heterocycles. The van der Waals surface area contributed by atoms with E-state index in [0.29, 0.717) is 31.5 Å². The number of benzene rings is 1. The number of amides is 1. The lowest BCUT2D eigenvalue weighted by atomic mass is 10.0. The number of carbonyl (C=O) groups is 1. The Bertz CT molecular complexity index is 522. The van der Waals surface area contributed by atoms with E-state index in [4.69, 9.17) is 10.5 Å². The maximum Gasteiger partial charge on any atom is 0.220 e. The molecule has 1 aliphatic carbocycles. The smallest absolute Gasteiger partial charge is 0.220 e. The fourth-order valence-electron chi connectivity index (χ4n) is 3.22. The highest BCUT2D eigenvalue weighted by molar-refractivity contribution is 5.85. The Morgan fingerprint density at radius 1 is 1.29 bits per heavy atom. The Labute approximate surface area is 151 Å². The van der Waals surface area contributed by atoms with Gasteiger partial charge in [-0.3, -0.25) is 4.79 Å². The molecule has 1 aliphatic rings. The minimum absolute atomic E-state index is 0. The van der Waals surface area contributed by atoms with Gasteiger partial charge in [-0.2, -0.15) is 0 Å². The monoisotopic (exact) mass is 354 g/mol. The van der Waals surface area contributed by atoms with Gasteiger partial charge in [0.1, 0.15) is 5.75 Å². The molecule has 3 N–H and O–H groups in total. The molecule has 1 aromatic rings. The fraction of sp³-hybridized carbons (Fsp3) is 0.632. The molecule has 0 heterocycles. The molecule has 1 amide bonds. The van der Waals surface area contributed by atoms with E-state index in [1.54, 1.807) is 0 Å². The molecule has 2 atom stereocenters. The predicted octanol–water partition coefficient (Wildman–Crippen LogP) is 3.52. The summed E-state index contributed by atoms with van der Waals surface area (Å²) in [6.07, 6.45) is 5.72. The van der Waals surface area contributed by atoms with Crippen LogP contribution in [0.4, 0.5) is 0 Å². The Morgan fingerprint density at radius 2 is 2.08 bits per heavy atom. The molecule has 4 nitrogen and oxygen atoms in total. The van der Waals surface area contributed by atoms with Crippen molar-refractivity contribution in [2.75, 3.05) is 13.2 Å². The molecule has 5 heteroatoms. The predicted molar refractivity (Wildman–Crippen MR) is 101 cm³/mol. The van der Waals surface area contributed by atoms with E-state index in [9.17, 15) is 4.79 Å². The van der Waals surface area contributed by atoms with Crippen molar-refractivity contribution in [2.24, 2.45) is 11.7 Å². The fourth-order valence-corrected chi connectivity index (χ4v) is 3.22. The second-order valence-electron chi connectivity index (χ2n) is 6.68. The third-order valence-electron chi connectivity index (χ3n) is 4.71. The van der Waals surface area contributed by atoms with Crippen molar-refractivity contribution in [3.8, 4) is 5.75 Å². The van der Waals surface area contributed by atoms with Crippen LogP contribution in [0.5, 0.6) is 5.75 Å². The number of nitrogens with one attached hydrogen (secondary N) is 1. The third kappa shape index (κ3) is 6.33. The molecule has 0 radical (unpaired) electrons. The maximum absolute atomic E-state index is 12.0. The first-order chi connectivity index (χ1) is 11.1. The summed E-state index contributed by atoms with van der Waals surface area (Å²) in [5.41, 5.74) is 8.11. The second kappa shape index (κ2) is 10.6. The minimum Gasteiger partial charge on any atom is -0.493 e. The van der Waals surface area contributed by atoms with Gasteiger partial charge in [-0.05, 0) is 69.2 Å². The quantitative estimate of drug-likeness (QED) is 0.702. The first-order valence-electron chi connectivity index (χ1n) is 8.79. The van der Waals surface area contributed by atoms with Crippen molar-refractivity contribution in [3.05, 3.63) is 29.3 Å². The van der Waals surface area contributed by atoms with Crippen LogP contribution in [-0.4, -0.2) is 25.1 Å². The number of ether oxygens (including phenoxy) is 1. The lowest BCUT2D eigenvalue weighted by Gasteiger charge is -2.19. The van der Waals surface area contributed by atoms with E-state index < -0.39 is 0 Å². The number of carbonyl (C=O) groups excluding carboxylic acids is 1. The SMILES string of the molecule is Cc1ccc(C)c(OCCCCC(=O)NC2CCCC2CN)c1.Cl. The summed E-state index contributed by atoms with van der Waals surface area (Å²) in [5.74, 6) is 1.57. The first-order valence-corrected chi connectivity index (χ1v) is 8.79. The van der Waals surface area contributed by atoms with E-state index in [1.165, 1.54) is 12.0 Å². The molecule has 0 bridgehead atoms. The van der Waals surface area contributed by atoms with Crippen LogP contribution in [-0.2, 0) is 4.79 Å². The van der Waals surface area contributed by atoms with Crippen LogP contribution in [0.2, 0.25) is 0 Å².